The minimum Gasteiger partial charge on any atom is -0.394 e. The Bertz CT molecular complexity index is 1090. The van der Waals surface area contributed by atoms with E-state index >= 15 is 0 Å². The summed E-state index contributed by atoms with van der Waals surface area (Å²) in [6.45, 7) is 3.45. The Labute approximate surface area is 391 Å². The van der Waals surface area contributed by atoms with Crippen LogP contribution in [-0.4, -0.2) is 110 Å². The van der Waals surface area contributed by atoms with Crippen LogP contribution in [0.25, 0.3) is 0 Å². The normalized spacial score (nSPS) is 21.2. The van der Waals surface area contributed by atoms with Gasteiger partial charge in [-0.25, -0.2) is 0 Å². The van der Waals surface area contributed by atoms with Crippen LogP contribution in [-0.2, 0) is 14.3 Å². The molecule has 0 bridgehead atoms. The summed E-state index contributed by atoms with van der Waals surface area (Å²) in [5.41, 5.74) is 0. The number of aliphatic hydroxyl groups excluding tert-OH is 7. The highest BCUT2D eigenvalue weighted by atomic mass is 16.7. The first kappa shape index (κ1) is 60.6. The predicted octanol–water partition coefficient (Wildman–Crippen LogP) is 10.2. The van der Waals surface area contributed by atoms with E-state index in [1.165, 1.54) is 148 Å². The number of ether oxygens (including phenoxy) is 2. The van der Waals surface area contributed by atoms with Crippen molar-refractivity contribution in [3.63, 3.8) is 0 Å². The predicted molar refractivity (Wildman–Crippen MR) is 261 cm³/mol. The van der Waals surface area contributed by atoms with Gasteiger partial charge in [0.2, 0.25) is 5.91 Å². The van der Waals surface area contributed by atoms with E-state index in [9.17, 15) is 40.5 Å². The Balaban J connectivity index is 2.40. The van der Waals surface area contributed by atoms with E-state index in [-0.39, 0.29) is 12.8 Å². The van der Waals surface area contributed by atoms with Crippen LogP contribution >= 0.6 is 0 Å². The molecule has 1 aliphatic heterocycles. The van der Waals surface area contributed by atoms with Crippen LogP contribution in [0.4, 0.5) is 0 Å². The molecule has 1 aliphatic rings. The van der Waals surface area contributed by atoms with E-state index in [4.69, 9.17) is 9.47 Å². The van der Waals surface area contributed by atoms with Gasteiger partial charge in [0, 0.05) is 0 Å². The van der Waals surface area contributed by atoms with Crippen LogP contribution in [0.1, 0.15) is 239 Å². The lowest BCUT2D eigenvalue weighted by Gasteiger charge is -2.40. The third-order valence-electron chi connectivity index (χ3n) is 13.0. The first-order chi connectivity index (χ1) is 31.2. The van der Waals surface area contributed by atoms with E-state index < -0.39 is 74.2 Å². The van der Waals surface area contributed by atoms with Crippen molar-refractivity contribution in [3.05, 3.63) is 24.3 Å². The maximum atomic E-state index is 13.1. The number of carbonyl (C=O) groups is 1. The van der Waals surface area contributed by atoms with Gasteiger partial charge < -0.3 is 50.5 Å². The monoisotopic (exact) mass is 912 g/mol. The van der Waals surface area contributed by atoms with Gasteiger partial charge in [-0.2, -0.15) is 0 Å². The summed E-state index contributed by atoms with van der Waals surface area (Å²) in [6, 6.07) is -1.19. The Kier molecular flexibility index (Phi) is 40.6. The first-order valence-corrected chi connectivity index (χ1v) is 26.7. The number of rotatable bonds is 45. The highest BCUT2D eigenvalue weighted by Crippen LogP contribution is 2.23. The van der Waals surface area contributed by atoms with E-state index in [0.717, 1.165) is 51.4 Å². The van der Waals surface area contributed by atoms with E-state index in [1.807, 2.05) is 0 Å². The summed E-state index contributed by atoms with van der Waals surface area (Å²) in [7, 11) is 0. The molecule has 9 unspecified atom stereocenters. The van der Waals surface area contributed by atoms with Crippen molar-refractivity contribution in [3.8, 4) is 0 Å². The topological polar surface area (TPSA) is 189 Å². The van der Waals surface area contributed by atoms with Gasteiger partial charge in [-0.1, -0.05) is 199 Å². The number of allylic oxidation sites excluding steroid dienone is 4. The molecule has 0 aromatic rings. The fourth-order valence-electron chi connectivity index (χ4n) is 8.55. The molecule has 1 fully saturated rings. The summed E-state index contributed by atoms with van der Waals surface area (Å²) >= 11 is 0. The van der Waals surface area contributed by atoms with Crippen molar-refractivity contribution < 1.29 is 50.0 Å². The molecule has 0 radical (unpaired) electrons. The zero-order valence-corrected chi connectivity index (χ0v) is 41.0. The molecule has 0 aliphatic carbocycles. The Morgan fingerprint density at radius 2 is 0.922 bits per heavy atom. The zero-order valence-electron chi connectivity index (χ0n) is 41.0. The van der Waals surface area contributed by atoms with Gasteiger partial charge in [0.25, 0.3) is 0 Å². The van der Waals surface area contributed by atoms with Gasteiger partial charge >= 0.3 is 0 Å². The van der Waals surface area contributed by atoms with Crippen LogP contribution in [0.15, 0.2) is 24.3 Å². The van der Waals surface area contributed by atoms with Gasteiger partial charge in [-0.15, -0.1) is 0 Å². The lowest BCUT2D eigenvalue weighted by molar-refractivity contribution is -0.303. The van der Waals surface area contributed by atoms with Gasteiger partial charge in [0.05, 0.1) is 25.4 Å². The number of hydrogen-bond acceptors (Lipinski definition) is 10. The fraction of sp³-hybridized carbons (Fsp3) is 0.906. The molecular formula is C53H101NO10. The molecule has 1 heterocycles. The molecule has 0 saturated carbocycles. The summed E-state index contributed by atoms with van der Waals surface area (Å²) < 4.78 is 11.1. The van der Waals surface area contributed by atoms with Crippen molar-refractivity contribution in [1.29, 1.82) is 0 Å². The standard InChI is InChI=1S/C53H101NO10/c1-3-5-7-9-11-13-15-17-19-21-22-23-25-26-28-30-32-34-36-38-40-45(56)48(58)44(43-63-53-51(61)50(60)49(59)47(42-55)64-53)54-52(62)46(57)41-39-37-35-33-31-29-27-24-20-18-16-14-12-10-8-6-4-2/h27,29,32,34,44-51,53,55-61H,3-26,28,30-31,33,35-43H2,1-2H3,(H,54,62)/b29-27-,34-32+. The second-order valence-electron chi connectivity index (χ2n) is 18.9. The van der Waals surface area contributed by atoms with E-state index in [2.05, 4.69) is 43.5 Å². The van der Waals surface area contributed by atoms with Crippen molar-refractivity contribution in [2.75, 3.05) is 13.2 Å². The number of unbranched alkanes of at least 4 members (excludes halogenated alkanes) is 29. The van der Waals surface area contributed by atoms with Crippen molar-refractivity contribution in [1.82, 2.24) is 5.32 Å². The fourth-order valence-corrected chi connectivity index (χ4v) is 8.55. The van der Waals surface area contributed by atoms with Crippen LogP contribution in [0.5, 0.6) is 0 Å². The lowest BCUT2D eigenvalue weighted by atomic mass is 9.98. The summed E-state index contributed by atoms with van der Waals surface area (Å²) in [5, 5.41) is 75.9. The minimum absolute atomic E-state index is 0.241. The van der Waals surface area contributed by atoms with Gasteiger partial charge in [0.1, 0.15) is 36.6 Å². The smallest absolute Gasteiger partial charge is 0.249 e. The molecule has 64 heavy (non-hydrogen) atoms. The van der Waals surface area contributed by atoms with Crippen LogP contribution in [0.3, 0.4) is 0 Å². The highest BCUT2D eigenvalue weighted by molar-refractivity contribution is 5.80. The summed E-state index contributed by atoms with van der Waals surface area (Å²) in [4.78, 5) is 13.1. The molecule has 1 amide bonds. The third kappa shape index (κ3) is 31.5. The molecule has 9 atom stereocenters. The SMILES string of the molecule is CCCCCCCCCCC/C=C\CCCCCCC(O)C(=O)NC(COC1OC(CO)C(O)C(O)C1O)C(O)C(O)CCC/C=C/CCCCCCCCCCCCCCCCC. The second kappa shape index (κ2) is 42.9. The number of carbonyl (C=O) groups excluding carboxylic acids is 1. The highest BCUT2D eigenvalue weighted by Gasteiger charge is 2.44. The maximum absolute atomic E-state index is 13.1. The molecule has 0 aromatic carbocycles. The number of hydrogen-bond donors (Lipinski definition) is 8. The summed E-state index contributed by atoms with van der Waals surface area (Å²) in [5.74, 6) is -0.713. The molecule has 1 rings (SSSR count). The van der Waals surface area contributed by atoms with Crippen LogP contribution in [0.2, 0.25) is 0 Å². The third-order valence-corrected chi connectivity index (χ3v) is 13.0. The molecule has 0 spiro atoms. The van der Waals surface area contributed by atoms with Gasteiger partial charge in [-0.3, -0.25) is 4.79 Å². The largest absolute Gasteiger partial charge is 0.394 e. The second-order valence-corrected chi connectivity index (χ2v) is 18.9. The minimum atomic E-state index is -1.67. The maximum Gasteiger partial charge on any atom is 0.249 e. The van der Waals surface area contributed by atoms with Crippen molar-refractivity contribution in [2.24, 2.45) is 0 Å². The molecule has 11 nitrogen and oxygen atoms in total. The van der Waals surface area contributed by atoms with Crippen molar-refractivity contribution in [2.45, 2.75) is 294 Å². The quantitative estimate of drug-likeness (QED) is 0.0216. The Hall–Kier alpha value is -1.41. The molecular weight excluding hydrogens is 811 g/mol. The summed E-state index contributed by atoms with van der Waals surface area (Å²) in [6.07, 6.45) is 38.0. The molecule has 378 valence electrons. The first-order valence-electron chi connectivity index (χ1n) is 26.7. The molecule has 8 N–H and O–H groups in total. The van der Waals surface area contributed by atoms with E-state index in [0.29, 0.717) is 12.8 Å². The average Bonchev–Trinajstić information content (AvgIpc) is 3.29. The molecule has 1 saturated heterocycles. The Morgan fingerprint density at radius 3 is 1.34 bits per heavy atom. The Morgan fingerprint density at radius 1 is 0.531 bits per heavy atom. The molecule has 11 heteroatoms. The number of nitrogens with one attached hydrogen (secondary N) is 1. The number of amides is 1. The average molecular weight is 912 g/mol. The van der Waals surface area contributed by atoms with Crippen LogP contribution in [0, 0.1) is 0 Å². The van der Waals surface area contributed by atoms with Crippen molar-refractivity contribution >= 4 is 5.91 Å². The van der Waals surface area contributed by atoms with E-state index in [1.54, 1.807) is 0 Å². The van der Waals surface area contributed by atoms with Gasteiger partial charge in [0.15, 0.2) is 6.29 Å². The van der Waals surface area contributed by atoms with Crippen LogP contribution < -0.4 is 5.32 Å². The lowest BCUT2D eigenvalue weighted by Crippen LogP contribution is -2.60. The zero-order chi connectivity index (χ0) is 46.9. The molecule has 0 aromatic heterocycles. The number of aliphatic hydroxyl groups is 7. The van der Waals surface area contributed by atoms with Gasteiger partial charge in [-0.05, 0) is 64.2 Å².